The Morgan fingerprint density at radius 3 is 2.54 bits per heavy atom. The predicted octanol–water partition coefficient (Wildman–Crippen LogP) is 5.52. The average Bonchev–Trinajstić information content (AvgIpc) is 2.80. The minimum atomic E-state index is -0.0768. The van der Waals surface area contributed by atoms with Gasteiger partial charge in [0.15, 0.2) is 6.10 Å². The van der Waals surface area contributed by atoms with Crippen LogP contribution in [-0.2, 0) is 12.3 Å². The quantitative estimate of drug-likeness (QED) is 0.607. The molecule has 1 aliphatic rings. The third-order valence-electron chi connectivity index (χ3n) is 4.57. The van der Waals surface area contributed by atoms with Crippen LogP contribution < -0.4 is 4.74 Å². The van der Waals surface area contributed by atoms with Gasteiger partial charge in [-0.05, 0) is 43.4 Å². The summed E-state index contributed by atoms with van der Waals surface area (Å²) in [5.74, 6) is 1.90. The van der Waals surface area contributed by atoms with Crippen LogP contribution in [0.2, 0.25) is 0 Å². The molecule has 0 saturated heterocycles. The maximum Gasteiger partial charge on any atom is 0.150 e. The Morgan fingerprint density at radius 2 is 1.69 bits per heavy atom. The molecule has 0 aromatic heterocycles. The molecule has 3 aromatic rings. The Labute approximate surface area is 159 Å². The van der Waals surface area contributed by atoms with Crippen LogP contribution in [0.3, 0.4) is 0 Å². The first-order valence-corrected chi connectivity index (χ1v) is 9.89. The number of nitrogens with zero attached hydrogens (tertiary/aromatic N) is 1. The number of rotatable bonds is 4. The van der Waals surface area contributed by atoms with Crippen molar-refractivity contribution in [3.05, 3.63) is 95.1 Å². The van der Waals surface area contributed by atoms with Crippen LogP contribution in [0.15, 0.2) is 77.7 Å². The molecule has 0 amide bonds. The molecule has 1 heterocycles. The lowest BCUT2D eigenvalue weighted by molar-refractivity contribution is 0.243. The lowest BCUT2D eigenvalue weighted by atomic mass is 9.97. The molecule has 26 heavy (non-hydrogen) atoms. The topological polar surface area (TPSA) is 12.5 Å². The van der Waals surface area contributed by atoms with E-state index >= 15 is 0 Å². The summed E-state index contributed by atoms with van der Waals surface area (Å²) in [5.41, 5.74) is 5.13. The maximum absolute atomic E-state index is 6.58. The van der Waals surface area contributed by atoms with Crippen LogP contribution in [0.5, 0.6) is 5.75 Å². The van der Waals surface area contributed by atoms with E-state index in [-0.39, 0.29) is 6.10 Å². The van der Waals surface area contributed by atoms with Gasteiger partial charge in [0.2, 0.25) is 0 Å². The van der Waals surface area contributed by atoms with Gasteiger partial charge < -0.3 is 9.64 Å². The first-order chi connectivity index (χ1) is 12.7. The van der Waals surface area contributed by atoms with Gasteiger partial charge in [-0.2, -0.15) is 0 Å². The van der Waals surface area contributed by atoms with E-state index in [0.29, 0.717) is 0 Å². The molecule has 3 aromatic carbocycles. The summed E-state index contributed by atoms with van der Waals surface area (Å²) < 4.78 is 6.58. The largest absolute Gasteiger partial charge is 0.481 e. The van der Waals surface area contributed by atoms with Gasteiger partial charge >= 0.3 is 0 Å². The highest BCUT2D eigenvalue weighted by atomic mass is 32.2. The number of benzene rings is 3. The van der Waals surface area contributed by atoms with Crippen molar-refractivity contribution in [1.82, 2.24) is 4.90 Å². The summed E-state index contributed by atoms with van der Waals surface area (Å²) in [7, 11) is 4.17. The molecule has 0 unspecified atom stereocenters. The number of fused-ring (bicyclic) bond motifs is 2. The number of thioether (sulfide) groups is 1. The maximum atomic E-state index is 6.58. The molecule has 4 rings (SSSR count). The van der Waals surface area contributed by atoms with E-state index in [9.17, 15) is 0 Å². The molecular weight excluding hydrogens is 338 g/mol. The van der Waals surface area contributed by atoms with E-state index in [1.807, 2.05) is 11.8 Å². The fourth-order valence-corrected chi connectivity index (χ4v) is 4.51. The zero-order chi connectivity index (χ0) is 17.9. The third kappa shape index (κ3) is 3.64. The summed E-state index contributed by atoms with van der Waals surface area (Å²) in [6.45, 7) is 0.908. The highest BCUT2D eigenvalue weighted by Gasteiger charge is 2.25. The Bertz CT molecular complexity index is 858. The number of hydrogen-bond donors (Lipinski definition) is 0. The molecule has 1 atom stereocenters. The molecule has 2 nitrogen and oxygen atoms in total. The Morgan fingerprint density at radius 1 is 0.923 bits per heavy atom. The molecule has 0 bridgehead atoms. The van der Waals surface area contributed by atoms with Crippen LogP contribution in [-0.4, -0.2) is 19.0 Å². The monoisotopic (exact) mass is 361 g/mol. The molecular formula is C23H23NOS. The molecule has 0 radical (unpaired) electrons. The third-order valence-corrected chi connectivity index (χ3v) is 5.71. The minimum Gasteiger partial charge on any atom is -0.481 e. The van der Waals surface area contributed by atoms with Gasteiger partial charge in [-0.1, -0.05) is 54.6 Å². The molecule has 1 aliphatic heterocycles. The van der Waals surface area contributed by atoms with Gasteiger partial charge in [0.25, 0.3) is 0 Å². The summed E-state index contributed by atoms with van der Waals surface area (Å²) >= 11 is 1.89. The minimum absolute atomic E-state index is 0.0768. The second kappa shape index (κ2) is 7.56. The Hall–Kier alpha value is -2.23. The molecule has 3 heteroatoms. The van der Waals surface area contributed by atoms with Gasteiger partial charge in [0, 0.05) is 28.3 Å². The lowest BCUT2D eigenvalue weighted by Crippen LogP contribution is -2.12. The van der Waals surface area contributed by atoms with E-state index in [1.165, 1.54) is 27.1 Å². The number of ether oxygens (including phenoxy) is 1. The van der Waals surface area contributed by atoms with E-state index in [1.54, 1.807) is 0 Å². The SMILES string of the molecule is CN(C)Cc1cccc(O[C@H]2c3ccccc3CSc3ccccc32)c1. The second-order valence-corrected chi connectivity index (χ2v) is 7.93. The standard InChI is InChI=1S/C23H23NOS/c1-24(2)15-17-8-7-10-19(14-17)25-23-20-11-4-3-9-18(20)16-26-22-13-6-5-12-21(22)23/h3-14,23H,15-16H2,1-2H3/t23-/m0/s1. The summed E-state index contributed by atoms with van der Waals surface area (Å²) in [5, 5.41) is 0. The molecule has 132 valence electrons. The van der Waals surface area contributed by atoms with Gasteiger partial charge in [0.1, 0.15) is 5.75 Å². The fraction of sp³-hybridized carbons (Fsp3) is 0.217. The van der Waals surface area contributed by atoms with Gasteiger partial charge in [-0.15, -0.1) is 11.8 Å². The number of hydrogen-bond acceptors (Lipinski definition) is 3. The van der Waals surface area contributed by atoms with Crippen LogP contribution in [0.1, 0.15) is 28.4 Å². The van der Waals surface area contributed by atoms with Crippen molar-refractivity contribution in [1.29, 1.82) is 0 Å². The molecule has 0 aliphatic carbocycles. The van der Waals surface area contributed by atoms with Gasteiger partial charge in [0.05, 0.1) is 0 Å². The first-order valence-electron chi connectivity index (χ1n) is 8.90. The van der Waals surface area contributed by atoms with E-state index in [2.05, 4.69) is 91.8 Å². The van der Waals surface area contributed by atoms with Crippen molar-refractivity contribution in [2.45, 2.75) is 23.3 Å². The van der Waals surface area contributed by atoms with Crippen molar-refractivity contribution in [3.8, 4) is 5.75 Å². The molecule has 0 spiro atoms. The van der Waals surface area contributed by atoms with Crippen molar-refractivity contribution >= 4 is 11.8 Å². The zero-order valence-corrected chi connectivity index (χ0v) is 16.0. The smallest absolute Gasteiger partial charge is 0.150 e. The highest BCUT2D eigenvalue weighted by molar-refractivity contribution is 7.98. The van der Waals surface area contributed by atoms with E-state index in [4.69, 9.17) is 4.74 Å². The highest BCUT2D eigenvalue weighted by Crippen LogP contribution is 2.41. The zero-order valence-electron chi connectivity index (χ0n) is 15.2. The Balaban J connectivity index is 1.74. The van der Waals surface area contributed by atoms with Crippen molar-refractivity contribution in [3.63, 3.8) is 0 Å². The van der Waals surface area contributed by atoms with Crippen molar-refractivity contribution < 1.29 is 4.74 Å². The molecule has 0 N–H and O–H groups in total. The van der Waals surface area contributed by atoms with E-state index in [0.717, 1.165) is 18.0 Å². The molecule has 0 fully saturated rings. The van der Waals surface area contributed by atoms with Crippen molar-refractivity contribution in [2.75, 3.05) is 14.1 Å². The first kappa shape index (κ1) is 17.2. The fourth-order valence-electron chi connectivity index (χ4n) is 3.42. The van der Waals surface area contributed by atoms with Crippen LogP contribution in [0.4, 0.5) is 0 Å². The predicted molar refractivity (Wildman–Crippen MR) is 109 cm³/mol. The second-order valence-electron chi connectivity index (χ2n) is 6.91. The summed E-state index contributed by atoms with van der Waals surface area (Å²) in [6, 6.07) is 25.7. The average molecular weight is 362 g/mol. The van der Waals surface area contributed by atoms with Crippen LogP contribution in [0.25, 0.3) is 0 Å². The Kier molecular flexibility index (Phi) is 5.00. The van der Waals surface area contributed by atoms with Gasteiger partial charge in [-0.25, -0.2) is 0 Å². The van der Waals surface area contributed by atoms with Crippen LogP contribution >= 0.6 is 11.8 Å². The normalized spacial score (nSPS) is 15.9. The van der Waals surface area contributed by atoms with E-state index < -0.39 is 0 Å². The summed E-state index contributed by atoms with van der Waals surface area (Å²) in [4.78, 5) is 3.48. The van der Waals surface area contributed by atoms with Crippen LogP contribution in [0, 0.1) is 0 Å². The van der Waals surface area contributed by atoms with Crippen molar-refractivity contribution in [2.24, 2.45) is 0 Å². The summed E-state index contributed by atoms with van der Waals surface area (Å²) in [6.07, 6.45) is -0.0768. The van der Waals surface area contributed by atoms with Gasteiger partial charge in [-0.3, -0.25) is 0 Å². The molecule has 0 saturated carbocycles. The lowest BCUT2D eigenvalue weighted by Gasteiger charge is -2.22.